The van der Waals surface area contributed by atoms with Crippen molar-refractivity contribution < 1.29 is 13.9 Å². The first-order valence-electron chi connectivity index (χ1n) is 7.03. The van der Waals surface area contributed by atoms with Crippen molar-refractivity contribution in [2.24, 2.45) is 5.73 Å². The molecular weight excluding hydrogens is 295 g/mol. The van der Waals surface area contributed by atoms with Gasteiger partial charge in [0.1, 0.15) is 5.82 Å². The largest absolute Gasteiger partial charge is 0.383 e. The number of nitrogens with zero attached hydrogens (tertiary/aromatic N) is 1. The van der Waals surface area contributed by atoms with E-state index in [1.165, 1.54) is 6.07 Å². The average Bonchev–Trinajstić information content (AvgIpc) is 2.59. The summed E-state index contributed by atoms with van der Waals surface area (Å²) in [5.74, 6) is -0.428. The van der Waals surface area contributed by atoms with Crippen LogP contribution in [0.2, 0.25) is 5.02 Å². The molecule has 0 radical (unpaired) electrons. The first-order chi connectivity index (χ1) is 10.0. The quantitative estimate of drug-likeness (QED) is 0.929. The molecule has 1 saturated heterocycles. The molecule has 1 aromatic rings. The van der Waals surface area contributed by atoms with Crippen LogP contribution in [0.5, 0.6) is 0 Å². The topological polar surface area (TPSA) is 55.6 Å². The Kier molecular flexibility index (Phi) is 5.56. The Balaban J connectivity index is 2.36. The Morgan fingerprint density at radius 2 is 2.29 bits per heavy atom. The van der Waals surface area contributed by atoms with Crippen molar-refractivity contribution in [2.75, 3.05) is 20.3 Å². The van der Waals surface area contributed by atoms with Gasteiger partial charge in [-0.3, -0.25) is 4.79 Å². The molecule has 0 aliphatic carbocycles. The second-order valence-corrected chi connectivity index (χ2v) is 5.66. The maximum atomic E-state index is 13.4. The van der Waals surface area contributed by atoms with Crippen LogP contribution in [0, 0.1) is 5.82 Å². The van der Waals surface area contributed by atoms with Gasteiger partial charge in [-0.25, -0.2) is 4.39 Å². The van der Waals surface area contributed by atoms with Crippen molar-refractivity contribution in [1.29, 1.82) is 0 Å². The fourth-order valence-electron chi connectivity index (χ4n) is 2.75. The van der Waals surface area contributed by atoms with Crippen molar-refractivity contribution in [3.8, 4) is 0 Å². The fourth-order valence-corrected chi connectivity index (χ4v) is 2.94. The number of halogens is 2. The zero-order valence-corrected chi connectivity index (χ0v) is 12.8. The summed E-state index contributed by atoms with van der Waals surface area (Å²) in [4.78, 5) is 14.0. The van der Waals surface area contributed by atoms with Crippen LogP contribution in [0.3, 0.4) is 0 Å². The lowest BCUT2D eigenvalue weighted by Crippen LogP contribution is -2.43. The normalized spacial score (nSPS) is 23.2. The lowest BCUT2D eigenvalue weighted by atomic mass is 9.96. The molecule has 1 aliphatic rings. The molecular formula is C15H20ClFN2O2. The van der Waals surface area contributed by atoms with E-state index in [0.717, 1.165) is 18.4 Å². The summed E-state index contributed by atoms with van der Waals surface area (Å²) in [5, 5.41) is 0.0445. The van der Waals surface area contributed by atoms with E-state index in [1.807, 2.05) is 0 Å². The monoisotopic (exact) mass is 314 g/mol. The van der Waals surface area contributed by atoms with E-state index < -0.39 is 5.82 Å². The van der Waals surface area contributed by atoms with Crippen LogP contribution < -0.4 is 5.73 Å². The Morgan fingerprint density at radius 1 is 1.52 bits per heavy atom. The van der Waals surface area contributed by atoms with Crippen molar-refractivity contribution in [3.63, 3.8) is 0 Å². The molecule has 1 aliphatic heterocycles. The molecule has 2 N–H and O–H groups in total. The van der Waals surface area contributed by atoms with Crippen LogP contribution in [0.15, 0.2) is 18.2 Å². The molecule has 0 bridgehead atoms. The zero-order chi connectivity index (χ0) is 15.4. The molecule has 21 heavy (non-hydrogen) atoms. The van der Waals surface area contributed by atoms with Crippen LogP contribution in [0.4, 0.5) is 4.39 Å². The number of amides is 1. The van der Waals surface area contributed by atoms with E-state index in [0.29, 0.717) is 19.6 Å². The number of nitrogens with two attached hydrogens (primary N) is 1. The third-order valence-corrected chi connectivity index (χ3v) is 4.10. The van der Waals surface area contributed by atoms with Gasteiger partial charge in [0.05, 0.1) is 17.7 Å². The van der Waals surface area contributed by atoms with E-state index in [1.54, 1.807) is 24.1 Å². The van der Waals surface area contributed by atoms with E-state index in [9.17, 15) is 9.18 Å². The highest BCUT2D eigenvalue weighted by Crippen LogP contribution is 2.31. The predicted molar refractivity (Wildman–Crippen MR) is 79.6 cm³/mol. The van der Waals surface area contributed by atoms with Gasteiger partial charge in [0.15, 0.2) is 0 Å². The molecule has 4 nitrogen and oxygen atoms in total. The highest BCUT2D eigenvalue weighted by Gasteiger charge is 2.32. The molecule has 2 atom stereocenters. The molecule has 1 fully saturated rings. The number of methoxy groups -OCH3 is 1. The predicted octanol–water partition coefficient (Wildman–Crippen LogP) is 2.51. The Bertz CT molecular complexity index is 512. The minimum atomic E-state index is -0.475. The number of carbonyl (C=O) groups excluding carboxylic acids is 1. The highest BCUT2D eigenvalue weighted by molar-refractivity contribution is 6.30. The van der Waals surface area contributed by atoms with Gasteiger partial charge in [0.25, 0.3) is 0 Å². The number of ether oxygens (including phenoxy) is 1. The second-order valence-electron chi connectivity index (χ2n) is 5.25. The zero-order valence-electron chi connectivity index (χ0n) is 12.0. The summed E-state index contributed by atoms with van der Waals surface area (Å²) >= 11 is 5.87. The third kappa shape index (κ3) is 3.73. The summed E-state index contributed by atoms with van der Waals surface area (Å²) < 4.78 is 18.4. The Labute approximate surface area is 129 Å². The van der Waals surface area contributed by atoms with Gasteiger partial charge < -0.3 is 15.4 Å². The smallest absolute Gasteiger partial charge is 0.223 e. The number of likely N-dealkylation sites (tertiary alicyclic amines) is 1. The summed E-state index contributed by atoms with van der Waals surface area (Å²) in [6.07, 6.45) is 1.98. The average molecular weight is 315 g/mol. The van der Waals surface area contributed by atoms with Crippen LogP contribution in [0.25, 0.3) is 0 Å². The first kappa shape index (κ1) is 16.2. The van der Waals surface area contributed by atoms with Crippen molar-refractivity contribution in [2.45, 2.75) is 31.3 Å². The van der Waals surface area contributed by atoms with Gasteiger partial charge in [-0.05, 0) is 30.5 Å². The molecule has 2 rings (SSSR count). The van der Waals surface area contributed by atoms with Gasteiger partial charge in [0, 0.05) is 26.1 Å². The SMILES string of the molecule is COCCN1C(=O)CCCC(N)C1c1ccc(F)c(Cl)c1. The molecule has 0 spiro atoms. The molecule has 6 heteroatoms. The number of carbonyl (C=O) groups is 1. The molecule has 1 amide bonds. The summed E-state index contributed by atoms with van der Waals surface area (Å²) in [7, 11) is 1.59. The Hall–Kier alpha value is -1.17. The summed E-state index contributed by atoms with van der Waals surface area (Å²) in [6, 6.07) is 4.01. The molecule has 2 unspecified atom stereocenters. The van der Waals surface area contributed by atoms with E-state index in [-0.39, 0.29) is 23.0 Å². The van der Waals surface area contributed by atoms with Gasteiger partial charge in [0.2, 0.25) is 5.91 Å². The molecule has 1 heterocycles. The minimum Gasteiger partial charge on any atom is -0.383 e. The molecule has 0 aromatic heterocycles. The van der Waals surface area contributed by atoms with E-state index >= 15 is 0 Å². The summed E-state index contributed by atoms with van der Waals surface area (Å²) in [5.41, 5.74) is 7.02. The Morgan fingerprint density at radius 3 is 2.95 bits per heavy atom. The van der Waals surface area contributed by atoms with E-state index in [4.69, 9.17) is 22.1 Å². The number of benzene rings is 1. The number of hydrogen-bond donors (Lipinski definition) is 1. The lowest BCUT2D eigenvalue weighted by Gasteiger charge is -2.34. The third-order valence-electron chi connectivity index (χ3n) is 3.81. The van der Waals surface area contributed by atoms with Crippen LogP contribution >= 0.6 is 11.6 Å². The molecule has 116 valence electrons. The van der Waals surface area contributed by atoms with Crippen molar-refractivity contribution >= 4 is 17.5 Å². The maximum absolute atomic E-state index is 13.4. The van der Waals surface area contributed by atoms with Crippen molar-refractivity contribution in [3.05, 3.63) is 34.6 Å². The number of hydrogen-bond acceptors (Lipinski definition) is 3. The first-order valence-corrected chi connectivity index (χ1v) is 7.41. The van der Waals surface area contributed by atoms with Crippen LogP contribution in [-0.4, -0.2) is 37.1 Å². The number of rotatable bonds is 4. The van der Waals surface area contributed by atoms with Gasteiger partial charge in [-0.15, -0.1) is 0 Å². The second kappa shape index (κ2) is 7.20. The van der Waals surface area contributed by atoms with Gasteiger partial charge >= 0.3 is 0 Å². The van der Waals surface area contributed by atoms with Crippen LogP contribution in [0.1, 0.15) is 30.9 Å². The van der Waals surface area contributed by atoms with Crippen molar-refractivity contribution in [1.82, 2.24) is 4.90 Å². The highest BCUT2D eigenvalue weighted by atomic mass is 35.5. The maximum Gasteiger partial charge on any atom is 0.223 e. The lowest BCUT2D eigenvalue weighted by molar-refractivity contribution is -0.134. The van der Waals surface area contributed by atoms with Gasteiger partial charge in [-0.1, -0.05) is 17.7 Å². The van der Waals surface area contributed by atoms with E-state index in [2.05, 4.69) is 0 Å². The fraction of sp³-hybridized carbons (Fsp3) is 0.533. The molecule has 1 aromatic carbocycles. The van der Waals surface area contributed by atoms with Crippen LogP contribution in [-0.2, 0) is 9.53 Å². The molecule has 0 saturated carbocycles. The standard InChI is InChI=1S/C15H20ClFN2O2/c1-21-8-7-19-14(20)4-2-3-13(18)15(19)10-5-6-12(17)11(16)9-10/h5-6,9,13,15H,2-4,7-8,18H2,1H3. The minimum absolute atomic E-state index is 0.0445. The van der Waals surface area contributed by atoms with Gasteiger partial charge in [-0.2, -0.15) is 0 Å². The summed E-state index contributed by atoms with van der Waals surface area (Å²) in [6.45, 7) is 0.895.